The van der Waals surface area contributed by atoms with Crippen molar-refractivity contribution in [1.29, 1.82) is 0 Å². The quantitative estimate of drug-likeness (QED) is 0.107. The summed E-state index contributed by atoms with van der Waals surface area (Å²) in [7, 11) is 0. The van der Waals surface area contributed by atoms with E-state index in [4.69, 9.17) is 28.4 Å². The molecule has 0 radical (unpaired) electrons. The van der Waals surface area contributed by atoms with E-state index in [0.29, 0.717) is 0 Å². The molecule has 0 aromatic heterocycles. The Morgan fingerprint density at radius 3 is 2.00 bits per heavy atom. The highest BCUT2D eigenvalue weighted by Crippen LogP contribution is 2.45. The molecule has 3 aliphatic heterocycles. The summed E-state index contributed by atoms with van der Waals surface area (Å²) >= 11 is 4.41. The number of hydrogen-bond donors (Lipinski definition) is 1. The number of fused-ring (bicyclic) bond motifs is 5. The Labute approximate surface area is 288 Å². The fraction of sp³-hybridized carbons (Fsp3) is 0.289. The van der Waals surface area contributed by atoms with Crippen molar-refractivity contribution >= 4 is 30.6 Å². The Kier molecular flexibility index (Phi) is 8.46. The number of carbonyl (C=O) groups excluding carboxylic acids is 3. The van der Waals surface area contributed by atoms with Crippen LogP contribution in [0.2, 0.25) is 0 Å². The lowest BCUT2D eigenvalue weighted by molar-refractivity contribution is -0.350. The molecule has 2 amide bonds. The number of amides is 2. The summed E-state index contributed by atoms with van der Waals surface area (Å²) in [5.41, 5.74) is 4.77. The first-order valence-corrected chi connectivity index (χ1v) is 16.7. The van der Waals surface area contributed by atoms with Crippen LogP contribution in [0, 0.1) is 0 Å². The Balaban J connectivity index is 1.12. The van der Waals surface area contributed by atoms with Crippen LogP contribution in [0.3, 0.4) is 0 Å². The van der Waals surface area contributed by atoms with Crippen molar-refractivity contribution in [1.82, 2.24) is 4.90 Å². The van der Waals surface area contributed by atoms with Crippen LogP contribution in [0.4, 0.5) is 4.79 Å². The highest BCUT2D eigenvalue weighted by Gasteiger charge is 2.58. The summed E-state index contributed by atoms with van der Waals surface area (Å²) in [6.07, 6.45) is -6.06. The van der Waals surface area contributed by atoms with Gasteiger partial charge in [-0.25, -0.2) is 4.79 Å². The lowest BCUT2D eigenvalue weighted by Crippen LogP contribution is -2.68. The maximum atomic E-state index is 13.9. The molecule has 4 aromatic rings. The fourth-order valence-electron chi connectivity index (χ4n) is 7.27. The van der Waals surface area contributed by atoms with Gasteiger partial charge < -0.3 is 28.4 Å². The molecule has 0 N–H and O–H groups in total. The van der Waals surface area contributed by atoms with Crippen LogP contribution < -0.4 is 0 Å². The normalized spacial score (nSPS) is 26.4. The topological polar surface area (TPSA) is 110 Å². The molecule has 11 heteroatoms. The Morgan fingerprint density at radius 1 is 0.816 bits per heavy atom. The molecule has 1 aliphatic carbocycles. The van der Waals surface area contributed by atoms with E-state index in [2.05, 4.69) is 24.8 Å². The van der Waals surface area contributed by atoms with E-state index in [1.54, 1.807) is 31.2 Å². The first-order valence-electron chi connectivity index (χ1n) is 16.2. The molecule has 7 atom stereocenters. The molecule has 4 aromatic carbocycles. The van der Waals surface area contributed by atoms with Crippen molar-refractivity contribution in [3.63, 3.8) is 0 Å². The number of nitrogens with zero attached hydrogens (tertiary/aromatic N) is 1. The van der Waals surface area contributed by atoms with Gasteiger partial charge in [0.1, 0.15) is 30.3 Å². The summed E-state index contributed by atoms with van der Waals surface area (Å²) in [4.78, 5) is 42.6. The third-order valence-electron chi connectivity index (χ3n) is 9.40. The molecular weight excluding hydrogens is 646 g/mol. The first kappa shape index (κ1) is 31.7. The highest BCUT2D eigenvalue weighted by molar-refractivity contribution is 7.80. The Bertz CT molecular complexity index is 1820. The Morgan fingerprint density at radius 2 is 1.39 bits per heavy atom. The second-order valence-electron chi connectivity index (χ2n) is 12.3. The van der Waals surface area contributed by atoms with Crippen molar-refractivity contribution in [2.75, 3.05) is 13.2 Å². The van der Waals surface area contributed by atoms with Gasteiger partial charge in [-0.1, -0.05) is 91.0 Å². The summed E-state index contributed by atoms with van der Waals surface area (Å²) < 4.78 is 36.9. The monoisotopic (exact) mass is 679 g/mol. The Hall–Kier alpha value is -4.52. The number of rotatable bonds is 7. The molecule has 250 valence electrons. The van der Waals surface area contributed by atoms with Gasteiger partial charge in [0, 0.05) is 11.5 Å². The fourth-order valence-corrected chi connectivity index (χ4v) is 7.39. The predicted octanol–water partition coefficient (Wildman–Crippen LogP) is 6.12. The number of carbonyl (C=O) groups is 3. The third kappa shape index (κ3) is 5.71. The van der Waals surface area contributed by atoms with E-state index in [1.165, 1.54) is 0 Å². The molecule has 0 spiro atoms. The van der Waals surface area contributed by atoms with Gasteiger partial charge in [-0.15, -0.1) is 12.6 Å². The average Bonchev–Trinajstić information content (AvgIpc) is 3.57. The molecule has 4 aliphatic rings. The van der Waals surface area contributed by atoms with E-state index in [0.717, 1.165) is 32.7 Å². The summed E-state index contributed by atoms with van der Waals surface area (Å²) in [6, 6.07) is 30.6. The number of benzene rings is 4. The van der Waals surface area contributed by atoms with Crippen LogP contribution in [-0.2, 0) is 28.4 Å². The van der Waals surface area contributed by atoms with Gasteiger partial charge in [-0.2, -0.15) is 0 Å². The number of ether oxygens (including phenoxy) is 6. The van der Waals surface area contributed by atoms with Crippen LogP contribution in [0.5, 0.6) is 0 Å². The van der Waals surface area contributed by atoms with Crippen molar-refractivity contribution in [2.45, 2.75) is 55.2 Å². The molecule has 8 rings (SSSR count). The standard InChI is InChI=1S/C38H33NO9S/c1-21(49)45-37-31(39-34(40)27-17-9-10-18-28(27)35(39)41)33(32-30(46-37)20-43-36(47-32)22-11-3-2-4-12-22)48-38(42)44-19-29-25-15-7-5-13-23(25)24-14-6-8-16-26(24)29/h2-18,21,29-33,36-37,49H,19-20H2,1H3/t21?,30-,31-,32-,33-,36?,37-/m0/s1. The average molecular weight is 680 g/mol. The second-order valence-corrected chi connectivity index (χ2v) is 13.1. The maximum absolute atomic E-state index is 13.9. The van der Waals surface area contributed by atoms with Gasteiger partial charge in [0.25, 0.3) is 11.8 Å². The van der Waals surface area contributed by atoms with E-state index < -0.39 is 60.3 Å². The van der Waals surface area contributed by atoms with Gasteiger partial charge in [0.15, 0.2) is 18.7 Å². The summed E-state index contributed by atoms with van der Waals surface area (Å²) in [5, 5.41) is 0. The molecule has 2 saturated heterocycles. The third-order valence-corrected chi connectivity index (χ3v) is 9.52. The van der Waals surface area contributed by atoms with Crippen LogP contribution >= 0.6 is 12.6 Å². The zero-order valence-electron chi connectivity index (χ0n) is 26.4. The minimum atomic E-state index is -1.26. The summed E-state index contributed by atoms with van der Waals surface area (Å²) in [5.74, 6) is -1.35. The van der Waals surface area contributed by atoms with Crippen molar-refractivity contribution < 1.29 is 42.8 Å². The lowest BCUT2D eigenvalue weighted by Gasteiger charge is -2.50. The smallest absolute Gasteiger partial charge is 0.433 e. The van der Waals surface area contributed by atoms with Crippen LogP contribution in [-0.4, -0.2) is 72.2 Å². The zero-order chi connectivity index (χ0) is 33.6. The van der Waals surface area contributed by atoms with Crippen molar-refractivity contribution in [3.05, 3.63) is 131 Å². The molecular formula is C38H33NO9S. The van der Waals surface area contributed by atoms with Crippen molar-refractivity contribution in [3.8, 4) is 11.1 Å². The van der Waals surface area contributed by atoms with E-state index in [1.807, 2.05) is 66.7 Å². The molecule has 49 heavy (non-hydrogen) atoms. The van der Waals surface area contributed by atoms with Gasteiger partial charge >= 0.3 is 6.16 Å². The van der Waals surface area contributed by atoms with Gasteiger partial charge in [-0.05, 0) is 41.3 Å². The molecule has 2 unspecified atom stereocenters. The van der Waals surface area contributed by atoms with Gasteiger partial charge in [-0.3, -0.25) is 14.5 Å². The van der Waals surface area contributed by atoms with Crippen molar-refractivity contribution in [2.24, 2.45) is 0 Å². The highest BCUT2D eigenvalue weighted by atomic mass is 32.1. The number of imide groups is 1. The molecule has 2 fully saturated rings. The predicted molar refractivity (Wildman–Crippen MR) is 179 cm³/mol. The lowest BCUT2D eigenvalue weighted by atomic mass is 9.94. The van der Waals surface area contributed by atoms with Gasteiger partial charge in [0.05, 0.1) is 17.7 Å². The summed E-state index contributed by atoms with van der Waals surface area (Å²) in [6.45, 7) is 1.75. The minimum absolute atomic E-state index is 0.00602. The zero-order valence-corrected chi connectivity index (χ0v) is 27.3. The maximum Gasteiger partial charge on any atom is 0.508 e. The van der Waals surface area contributed by atoms with Crippen LogP contribution in [0.1, 0.15) is 56.5 Å². The first-order chi connectivity index (χ1) is 23.9. The van der Waals surface area contributed by atoms with E-state index in [9.17, 15) is 14.4 Å². The second kappa shape index (κ2) is 13.1. The van der Waals surface area contributed by atoms with Crippen LogP contribution in [0.25, 0.3) is 11.1 Å². The minimum Gasteiger partial charge on any atom is -0.433 e. The van der Waals surface area contributed by atoms with E-state index >= 15 is 0 Å². The molecule has 3 heterocycles. The molecule has 0 saturated carbocycles. The molecule has 0 bridgehead atoms. The SMILES string of the molecule is CC(S)O[C@H]1O[C@H]2COC(c3ccccc3)O[C@@H]2[C@@H](OC(=O)OCC2c3ccccc3-c3ccccc32)[C@@H]1N1C(=O)c2ccccc2C1=O. The number of thiol groups is 1. The van der Waals surface area contributed by atoms with Gasteiger partial charge in [0.2, 0.25) is 0 Å². The van der Waals surface area contributed by atoms with E-state index in [-0.39, 0.29) is 30.3 Å². The van der Waals surface area contributed by atoms with Crippen LogP contribution in [0.15, 0.2) is 103 Å². The molecule has 10 nitrogen and oxygen atoms in total. The largest absolute Gasteiger partial charge is 0.508 e. The number of hydrogen-bond acceptors (Lipinski definition) is 10.